The molecule has 3 nitrogen and oxygen atoms in total. The van der Waals surface area contributed by atoms with E-state index < -0.39 is 5.60 Å². The van der Waals surface area contributed by atoms with Crippen molar-refractivity contribution in [2.75, 3.05) is 6.54 Å². The molecule has 3 N–H and O–H groups in total. The first kappa shape index (κ1) is 11.6. The number of nitrogens with two attached hydrogens (primary N) is 1. The Bertz CT molecular complexity index is 492. The topological polar surface area (TPSA) is 51.2 Å². The Labute approximate surface area is 103 Å². The van der Waals surface area contributed by atoms with E-state index in [1.807, 2.05) is 35.9 Å². The minimum Gasteiger partial charge on any atom is -0.383 e. The standard InChI is InChI=1S/C12H15BrN2O/c1-12(16,7-14)11-10(13)8-5-3-4-6-9(8)15(11)2/h3-6,16H,7,14H2,1-2H3. The SMILES string of the molecule is Cn1c(C(C)(O)CN)c(Br)c2ccccc21. The second-order valence-electron chi connectivity index (χ2n) is 4.22. The van der Waals surface area contributed by atoms with Crippen molar-refractivity contribution in [1.82, 2.24) is 4.57 Å². The van der Waals surface area contributed by atoms with Crippen molar-refractivity contribution in [2.24, 2.45) is 12.8 Å². The molecular formula is C12H15BrN2O. The summed E-state index contributed by atoms with van der Waals surface area (Å²) in [6.07, 6.45) is 0. The molecule has 0 saturated carbocycles. The van der Waals surface area contributed by atoms with E-state index in [-0.39, 0.29) is 6.54 Å². The van der Waals surface area contributed by atoms with Gasteiger partial charge >= 0.3 is 0 Å². The number of hydrogen-bond donors (Lipinski definition) is 2. The van der Waals surface area contributed by atoms with Gasteiger partial charge in [0.1, 0.15) is 5.60 Å². The average Bonchev–Trinajstić information content (AvgIpc) is 2.53. The Kier molecular flexibility index (Phi) is 2.82. The van der Waals surface area contributed by atoms with E-state index in [1.165, 1.54) is 0 Å². The van der Waals surface area contributed by atoms with Crippen LogP contribution >= 0.6 is 15.9 Å². The summed E-state index contributed by atoms with van der Waals surface area (Å²) in [6, 6.07) is 8.01. The first-order chi connectivity index (χ1) is 7.49. The number of fused-ring (bicyclic) bond motifs is 1. The fraction of sp³-hybridized carbons (Fsp3) is 0.333. The maximum atomic E-state index is 10.3. The molecule has 1 aromatic carbocycles. The Balaban J connectivity index is 2.81. The van der Waals surface area contributed by atoms with Crippen molar-refractivity contribution in [3.05, 3.63) is 34.4 Å². The summed E-state index contributed by atoms with van der Waals surface area (Å²) >= 11 is 3.54. The summed E-state index contributed by atoms with van der Waals surface area (Å²) in [4.78, 5) is 0. The number of hydrogen-bond acceptors (Lipinski definition) is 2. The predicted molar refractivity (Wildman–Crippen MR) is 69.2 cm³/mol. The van der Waals surface area contributed by atoms with Crippen LogP contribution in [0.5, 0.6) is 0 Å². The van der Waals surface area contributed by atoms with E-state index in [0.717, 1.165) is 21.1 Å². The molecule has 0 aliphatic heterocycles. The highest BCUT2D eigenvalue weighted by Crippen LogP contribution is 2.35. The lowest BCUT2D eigenvalue weighted by Gasteiger charge is -2.23. The zero-order valence-corrected chi connectivity index (χ0v) is 11.0. The van der Waals surface area contributed by atoms with Gasteiger partial charge in [0.25, 0.3) is 0 Å². The number of nitrogens with zero attached hydrogens (tertiary/aromatic N) is 1. The molecule has 86 valence electrons. The van der Waals surface area contributed by atoms with Gasteiger partial charge < -0.3 is 15.4 Å². The van der Waals surface area contributed by atoms with Gasteiger partial charge in [0.2, 0.25) is 0 Å². The van der Waals surface area contributed by atoms with Crippen LogP contribution in [0.1, 0.15) is 12.6 Å². The smallest absolute Gasteiger partial charge is 0.115 e. The fourth-order valence-electron chi connectivity index (χ4n) is 2.04. The molecule has 0 spiro atoms. The van der Waals surface area contributed by atoms with Crippen LogP contribution in [0, 0.1) is 0 Å². The van der Waals surface area contributed by atoms with Gasteiger partial charge in [-0.1, -0.05) is 18.2 Å². The molecule has 0 radical (unpaired) electrons. The van der Waals surface area contributed by atoms with Crippen molar-refractivity contribution in [2.45, 2.75) is 12.5 Å². The van der Waals surface area contributed by atoms with Gasteiger partial charge in [0.05, 0.1) is 5.69 Å². The van der Waals surface area contributed by atoms with E-state index >= 15 is 0 Å². The van der Waals surface area contributed by atoms with Crippen LogP contribution in [0.2, 0.25) is 0 Å². The summed E-state index contributed by atoms with van der Waals surface area (Å²) in [6.45, 7) is 1.92. The van der Waals surface area contributed by atoms with Crippen molar-refractivity contribution in [1.29, 1.82) is 0 Å². The van der Waals surface area contributed by atoms with Crippen molar-refractivity contribution in [3.8, 4) is 0 Å². The van der Waals surface area contributed by atoms with Crippen LogP contribution in [-0.2, 0) is 12.6 Å². The quantitative estimate of drug-likeness (QED) is 0.887. The molecule has 0 aliphatic rings. The molecule has 0 fully saturated rings. The largest absolute Gasteiger partial charge is 0.383 e. The molecule has 2 rings (SSSR count). The molecule has 1 atom stereocenters. The lowest BCUT2D eigenvalue weighted by molar-refractivity contribution is 0.0589. The third-order valence-corrected chi connectivity index (χ3v) is 3.76. The van der Waals surface area contributed by atoms with Gasteiger partial charge in [-0.05, 0) is 28.9 Å². The van der Waals surface area contributed by atoms with Crippen LogP contribution in [-0.4, -0.2) is 16.2 Å². The predicted octanol–water partition coefficient (Wildman–Crippen LogP) is 2.11. The summed E-state index contributed by atoms with van der Waals surface area (Å²) in [5.74, 6) is 0. The molecule has 0 bridgehead atoms. The number of aromatic nitrogens is 1. The molecule has 0 saturated heterocycles. The number of aryl methyl sites for hydroxylation is 1. The molecule has 2 aromatic rings. The minimum absolute atomic E-state index is 0.190. The maximum Gasteiger partial charge on any atom is 0.115 e. The van der Waals surface area contributed by atoms with Gasteiger partial charge in [0, 0.05) is 29.0 Å². The van der Waals surface area contributed by atoms with E-state index in [4.69, 9.17) is 5.73 Å². The number of rotatable bonds is 2. The molecule has 1 aromatic heterocycles. The highest BCUT2D eigenvalue weighted by Gasteiger charge is 2.29. The van der Waals surface area contributed by atoms with Gasteiger partial charge in [-0.2, -0.15) is 0 Å². The zero-order valence-electron chi connectivity index (χ0n) is 9.37. The van der Waals surface area contributed by atoms with E-state index in [0.29, 0.717) is 0 Å². The van der Waals surface area contributed by atoms with E-state index in [1.54, 1.807) is 6.92 Å². The van der Waals surface area contributed by atoms with Crippen molar-refractivity contribution in [3.63, 3.8) is 0 Å². The number of benzene rings is 1. The molecule has 1 unspecified atom stereocenters. The summed E-state index contributed by atoms with van der Waals surface area (Å²) in [7, 11) is 1.94. The minimum atomic E-state index is -1.02. The van der Waals surface area contributed by atoms with Gasteiger partial charge in [-0.15, -0.1) is 0 Å². The van der Waals surface area contributed by atoms with Gasteiger partial charge in [-0.25, -0.2) is 0 Å². The van der Waals surface area contributed by atoms with Gasteiger partial charge in [0.15, 0.2) is 0 Å². The normalized spacial score (nSPS) is 15.3. The Morgan fingerprint density at radius 3 is 2.62 bits per heavy atom. The molecule has 0 amide bonds. The van der Waals surface area contributed by atoms with E-state index in [2.05, 4.69) is 15.9 Å². The third kappa shape index (κ3) is 1.57. The van der Waals surface area contributed by atoms with Gasteiger partial charge in [-0.3, -0.25) is 0 Å². The van der Waals surface area contributed by atoms with Crippen LogP contribution < -0.4 is 5.73 Å². The Hall–Kier alpha value is -0.840. The lowest BCUT2D eigenvalue weighted by atomic mass is 10.0. The number of aliphatic hydroxyl groups is 1. The Morgan fingerprint density at radius 1 is 1.44 bits per heavy atom. The first-order valence-electron chi connectivity index (χ1n) is 5.15. The average molecular weight is 283 g/mol. The summed E-state index contributed by atoms with van der Waals surface area (Å²) < 4.78 is 2.90. The third-order valence-electron chi connectivity index (χ3n) is 2.95. The van der Waals surface area contributed by atoms with Crippen LogP contribution in [0.3, 0.4) is 0 Å². The monoisotopic (exact) mass is 282 g/mol. The molecule has 16 heavy (non-hydrogen) atoms. The molecule has 1 heterocycles. The second kappa shape index (κ2) is 3.87. The first-order valence-corrected chi connectivity index (χ1v) is 5.94. The molecular weight excluding hydrogens is 268 g/mol. The lowest BCUT2D eigenvalue weighted by Crippen LogP contribution is -2.33. The second-order valence-corrected chi connectivity index (χ2v) is 5.01. The highest BCUT2D eigenvalue weighted by atomic mass is 79.9. The fourth-order valence-corrected chi connectivity index (χ4v) is 3.07. The maximum absolute atomic E-state index is 10.3. The molecule has 4 heteroatoms. The summed E-state index contributed by atoms with van der Waals surface area (Å²) in [5, 5.41) is 11.4. The van der Waals surface area contributed by atoms with Crippen LogP contribution in [0.4, 0.5) is 0 Å². The zero-order chi connectivity index (χ0) is 11.9. The van der Waals surface area contributed by atoms with Crippen molar-refractivity contribution < 1.29 is 5.11 Å². The van der Waals surface area contributed by atoms with E-state index in [9.17, 15) is 5.11 Å². The van der Waals surface area contributed by atoms with Crippen LogP contribution in [0.15, 0.2) is 28.7 Å². The molecule has 0 aliphatic carbocycles. The van der Waals surface area contributed by atoms with Crippen molar-refractivity contribution >= 4 is 26.8 Å². The number of halogens is 1. The summed E-state index contributed by atoms with van der Waals surface area (Å²) in [5.41, 5.74) is 6.49. The van der Waals surface area contributed by atoms with Crippen LogP contribution in [0.25, 0.3) is 10.9 Å². The number of para-hydroxylation sites is 1. The highest BCUT2D eigenvalue weighted by molar-refractivity contribution is 9.10. The Morgan fingerprint density at radius 2 is 2.06 bits per heavy atom.